The molecule has 4 nitrogen and oxygen atoms in total. The molecule has 1 N–H and O–H groups in total. The molecule has 0 saturated heterocycles. The Morgan fingerprint density at radius 1 is 1.10 bits per heavy atom. The average Bonchev–Trinajstić information content (AvgIpc) is 2.49. The van der Waals surface area contributed by atoms with Crippen LogP contribution in [0.2, 0.25) is 0 Å². The number of aliphatic carboxylic acids is 1. The van der Waals surface area contributed by atoms with Gasteiger partial charge in [-0.1, -0.05) is 36.4 Å². The highest BCUT2D eigenvalue weighted by Gasteiger charge is 2.23. The minimum absolute atomic E-state index is 0.284. The van der Waals surface area contributed by atoms with Crippen LogP contribution in [0.4, 0.5) is 4.39 Å². The molecule has 21 heavy (non-hydrogen) atoms. The molecule has 0 radical (unpaired) electrons. The lowest BCUT2D eigenvalue weighted by molar-refractivity contribution is -0.152. The highest BCUT2D eigenvalue weighted by molar-refractivity contribution is 5.94. The summed E-state index contributed by atoms with van der Waals surface area (Å²) in [6.45, 7) is 1.18. The van der Waals surface area contributed by atoms with E-state index in [0.717, 1.165) is 5.56 Å². The number of benzene rings is 2. The number of carboxylic acids is 1. The highest BCUT2D eigenvalue weighted by Crippen LogP contribution is 2.26. The van der Waals surface area contributed by atoms with Crippen LogP contribution in [0, 0.1) is 11.7 Å². The second-order valence-corrected chi connectivity index (χ2v) is 4.49. The lowest BCUT2D eigenvalue weighted by Gasteiger charge is -2.09. The molecule has 1 atom stereocenters. The Kier molecular flexibility index (Phi) is 4.33. The molecule has 108 valence electrons. The van der Waals surface area contributed by atoms with E-state index < -0.39 is 23.7 Å². The van der Waals surface area contributed by atoms with Crippen LogP contribution in [0.3, 0.4) is 0 Å². The van der Waals surface area contributed by atoms with Gasteiger partial charge < -0.3 is 9.84 Å². The zero-order valence-electron chi connectivity index (χ0n) is 11.2. The number of hydrogen-bond donors (Lipinski definition) is 1. The Morgan fingerprint density at radius 2 is 1.76 bits per heavy atom. The molecule has 1 unspecified atom stereocenters. The normalized spacial score (nSPS) is 11.7. The van der Waals surface area contributed by atoms with Crippen molar-refractivity contribution in [3.05, 3.63) is 54.3 Å². The van der Waals surface area contributed by atoms with E-state index in [-0.39, 0.29) is 5.75 Å². The van der Waals surface area contributed by atoms with Crippen molar-refractivity contribution in [2.24, 2.45) is 5.92 Å². The van der Waals surface area contributed by atoms with Crippen molar-refractivity contribution in [1.82, 2.24) is 0 Å². The van der Waals surface area contributed by atoms with E-state index >= 15 is 0 Å². The predicted molar refractivity (Wildman–Crippen MR) is 74.3 cm³/mol. The van der Waals surface area contributed by atoms with Gasteiger partial charge in [-0.25, -0.2) is 4.39 Å². The maximum Gasteiger partial charge on any atom is 0.325 e. The third-order valence-electron chi connectivity index (χ3n) is 2.97. The minimum atomic E-state index is -1.35. The van der Waals surface area contributed by atoms with E-state index in [4.69, 9.17) is 9.84 Å². The summed E-state index contributed by atoms with van der Waals surface area (Å²) in [5.74, 6) is -4.68. The van der Waals surface area contributed by atoms with Gasteiger partial charge in [0.15, 0.2) is 17.5 Å². The molecular weight excluding hydrogens is 275 g/mol. The van der Waals surface area contributed by atoms with Crippen molar-refractivity contribution in [1.29, 1.82) is 0 Å². The summed E-state index contributed by atoms with van der Waals surface area (Å²) in [5.41, 5.74) is 1.47. The van der Waals surface area contributed by atoms with Crippen LogP contribution >= 0.6 is 0 Å². The maximum atomic E-state index is 13.9. The van der Waals surface area contributed by atoms with Gasteiger partial charge in [-0.3, -0.25) is 9.59 Å². The quantitative estimate of drug-likeness (QED) is 0.533. The Labute approximate surface area is 120 Å². The summed E-state index contributed by atoms with van der Waals surface area (Å²) < 4.78 is 18.7. The monoisotopic (exact) mass is 288 g/mol. The second kappa shape index (κ2) is 6.17. The number of ether oxygens (including phenoxy) is 1. The lowest BCUT2D eigenvalue weighted by Crippen LogP contribution is -2.25. The van der Waals surface area contributed by atoms with Crippen molar-refractivity contribution in [2.45, 2.75) is 6.92 Å². The number of carboxylic acid groups (broad SMARTS) is 1. The first-order valence-electron chi connectivity index (χ1n) is 6.28. The Hall–Kier alpha value is -2.69. The molecule has 0 fully saturated rings. The van der Waals surface area contributed by atoms with E-state index in [9.17, 15) is 14.0 Å². The van der Waals surface area contributed by atoms with Gasteiger partial charge in [-0.2, -0.15) is 0 Å². The fraction of sp³-hybridized carbons (Fsp3) is 0.125. The number of carbonyl (C=O) groups is 2. The van der Waals surface area contributed by atoms with Crippen molar-refractivity contribution >= 4 is 11.9 Å². The predicted octanol–water partition coefficient (Wildman–Crippen LogP) is 3.12. The number of rotatable bonds is 4. The molecule has 0 saturated carbocycles. The topological polar surface area (TPSA) is 63.6 Å². The van der Waals surface area contributed by atoms with Crippen LogP contribution in [-0.4, -0.2) is 17.0 Å². The summed E-state index contributed by atoms with van der Waals surface area (Å²) in [7, 11) is 0. The molecule has 0 bridgehead atoms. The first kappa shape index (κ1) is 14.7. The smallest absolute Gasteiger partial charge is 0.325 e. The van der Waals surface area contributed by atoms with Crippen molar-refractivity contribution < 1.29 is 23.8 Å². The SMILES string of the molecule is CC(C(=O)O)C(=O)Oc1ccc(-c2ccccc2)cc1F. The number of carbonyl (C=O) groups excluding carboxylic acids is 1. The standard InChI is InChI=1S/C16H13FO4/c1-10(15(18)19)16(20)21-14-8-7-12(9-13(14)17)11-5-3-2-4-6-11/h2-10H,1H3,(H,18,19). The zero-order chi connectivity index (χ0) is 15.4. The summed E-state index contributed by atoms with van der Waals surface area (Å²) in [6, 6.07) is 13.3. The Morgan fingerprint density at radius 3 is 2.33 bits per heavy atom. The van der Waals surface area contributed by atoms with E-state index in [1.165, 1.54) is 19.1 Å². The lowest BCUT2D eigenvalue weighted by atomic mass is 10.1. The van der Waals surface area contributed by atoms with Crippen LogP contribution in [0.1, 0.15) is 6.92 Å². The zero-order valence-corrected chi connectivity index (χ0v) is 11.2. The maximum absolute atomic E-state index is 13.9. The van der Waals surface area contributed by atoms with Crippen molar-refractivity contribution in [3.8, 4) is 16.9 Å². The molecule has 0 aliphatic rings. The molecule has 5 heteroatoms. The molecule has 0 heterocycles. The Balaban J connectivity index is 2.21. The molecule has 0 aromatic heterocycles. The highest BCUT2D eigenvalue weighted by atomic mass is 19.1. The van der Waals surface area contributed by atoms with Crippen LogP contribution in [0.25, 0.3) is 11.1 Å². The fourth-order valence-electron chi connectivity index (χ4n) is 1.69. The number of esters is 1. The third-order valence-corrected chi connectivity index (χ3v) is 2.97. The molecule has 2 aromatic rings. The van der Waals surface area contributed by atoms with Crippen molar-refractivity contribution in [3.63, 3.8) is 0 Å². The van der Waals surface area contributed by atoms with Gasteiger partial charge in [-0.05, 0) is 30.2 Å². The van der Waals surface area contributed by atoms with Crippen LogP contribution in [0.5, 0.6) is 5.75 Å². The van der Waals surface area contributed by atoms with E-state index in [1.807, 2.05) is 30.3 Å². The van der Waals surface area contributed by atoms with Gasteiger partial charge in [0.25, 0.3) is 0 Å². The second-order valence-electron chi connectivity index (χ2n) is 4.49. The largest absolute Gasteiger partial charge is 0.481 e. The van der Waals surface area contributed by atoms with Gasteiger partial charge in [0.05, 0.1) is 0 Å². The summed E-state index contributed by atoms with van der Waals surface area (Å²) >= 11 is 0. The van der Waals surface area contributed by atoms with Crippen molar-refractivity contribution in [2.75, 3.05) is 0 Å². The molecule has 0 aliphatic heterocycles. The van der Waals surface area contributed by atoms with Gasteiger partial charge in [0.1, 0.15) is 0 Å². The van der Waals surface area contributed by atoms with Gasteiger partial charge in [0.2, 0.25) is 0 Å². The van der Waals surface area contributed by atoms with Gasteiger partial charge in [-0.15, -0.1) is 0 Å². The molecule has 0 amide bonds. The molecule has 2 rings (SSSR count). The van der Waals surface area contributed by atoms with E-state index in [2.05, 4.69) is 0 Å². The minimum Gasteiger partial charge on any atom is -0.481 e. The van der Waals surface area contributed by atoms with Gasteiger partial charge in [0, 0.05) is 0 Å². The number of halogens is 1. The van der Waals surface area contributed by atoms with E-state index in [0.29, 0.717) is 5.56 Å². The number of hydrogen-bond acceptors (Lipinski definition) is 3. The van der Waals surface area contributed by atoms with Crippen LogP contribution in [-0.2, 0) is 9.59 Å². The first-order chi connectivity index (χ1) is 9.99. The third kappa shape index (κ3) is 3.45. The summed E-state index contributed by atoms with van der Waals surface area (Å²) in [5, 5.41) is 8.70. The van der Waals surface area contributed by atoms with Crippen LogP contribution < -0.4 is 4.74 Å². The molecule has 2 aromatic carbocycles. The molecule has 0 spiro atoms. The molecular formula is C16H13FO4. The Bertz CT molecular complexity index is 667. The average molecular weight is 288 g/mol. The summed E-state index contributed by atoms with van der Waals surface area (Å²) in [4.78, 5) is 22.2. The van der Waals surface area contributed by atoms with E-state index in [1.54, 1.807) is 6.07 Å². The fourth-order valence-corrected chi connectivity index (χ4v) is 1.69. The van der Waals surface area contributed by atoms with Gasteiger partial charge >= 0.3 is 11.9 Å². The summed E-state index contributed by atoms with van der Waals surface area (Å²) in [6.07, 6.45) is 0. The first-order valence-corrected chi connectivity index (χ1v) is 6.28. The molecule has 0 aliphatic carbocycles. The van der Waals surface area contributed by atoms with Crippen LogP contribution in [0.15, 0.2) is 48.5 Å².